The number of hydrogen-bond donors (Lipinski definition) is 1. The van der Waals surface area contributed by atoms with Gasteiger partial charge in [0.25, 0.3) is 0 Å². The minimum absolute atomic E-state index is 0.0221. The van der Waals surface area contributed by atoms with Crippen LogP contribution >= 0.6 is 0 Å². The molecule has 0 heterocycles. The summed E-state index contributed by atoms with van der Waals surface area (Å²) in [6.45, 7) is 4.29. The molecule has 0 spiro atoms. The Bertz CT molecular complexity index is 966. The number of nitriles is 1. The molecule has 0 radical (unpaired) electrons. The van der Waals surface area contributed by atoms with Gasteiger partial charge in [-0.2, -0.15) is 13.7 Å². The lowest BCUT2D eigenvalue weighted by Gasteiger charge is -2.29. The van der Waals surface area contributed by atoms with E-state index in [1.54, 1.807) is 53.4 Å². The molecule has 7 nitrogen and oxygen atoms in total. The minimum Gasteiger partial charge on any atom is -0.383 e. The smallest absolute Gasteiger partial charge is 0.322 e. The number of rotatable bonds is 7. The minimum atomic E-state index is -3.58. The molecule has 0 bridgehead atoms. The van der Waals surface area contributed by atoms with Crippen LogP contribution in [0.2, 0.25) is 0 Å². The average molecular weight is 401 g/mol. The van der Waals surface area contributed by atoms with E-state index in [4.69, 9.17) is 9.44 Å². The van der Waals surface area contributed by atoms with E-state index in [0.717, 1.165) is 18.2 Å². The zero-order valence-electron chi connectivity index (χ0n) is 16.0. The van der Waals surface area contributed by atoms with Crippen LogP contribution in [0, 0.1) is 11.3 Å². The molecule has 0 aliphatic rings. The van der Waals surface area contributed by atoms with E-state index in [1.807, 2.05) is 19.9 Å². The molecule has 0 aromatic heterocycles. The summed E-state index contributed by atoms with van der Waals surface area (Å²) in [7, 11) is -3.58. The molecule has 0 unspecified atom stereocenters. The molecule has 2 aromatic rings. The number of amides is 2. The van der Waals surface area contributed by atoms with E-state index in [2.05, 4.69) is 5.32 Å². The molecule has 1 N–H and O–H groups in total. The Morgan fingerprint density at radius 2 is 1.93 bits per heavy atom. The normalized spacial score (nSPS) is 11.9. The molecule has 2 amide bonds. The van der Waals surface area contributed by atoms with Gasteiger partial charge < -0.3 is 14.4 Å². The van der Waals surface area contributed by atoms with Gasteiger partial charge in [0.2, 0.25) is 0 Å². The topological polar surface area (TPSA) is 99.5 Å². The highest BCUT2D eigenvalue weighted by molar-refractivity contribution is 7.86. The van der Waals surface area contributed by atoms with Crippen LogP contribution in [0.4, 0.5) is 10.5 Å². The summed E-state index contributed by atoms with van der Waals surface area (Å²) in [5.74, 6) is 0.221. The van der Waals surface area contributed by atoms with E-state index < -0.39 is 10.1 Å². The van der Waals surface area contributed by atoms with Crippen molar-refractivity contribution in [1.82, 2.24) is 4.90 Å². The largest absolute Gasteiger partial charge is 0.383 e. The summed E-state index contributed by atoms with van der Waals surface area (Å²) >= 11 is 0. The van der Waals surface area contributed by atoms with Crippen molar-refractivity contribution in [2.24, 2.45) is 0 Å². The summed E-state index contributed by atoms with van der Waals surface area (Å²) in [4.78, 5) is 14.5. The number of benzene rings is 2. The van der Waals surface area contributed by atoms with E-state index in [0.29, 0.717) is 17.8 Å². The molecule has 2 rings (SSSR count). The zero-order chi connectivity index (χ0) is 20.7. The Morgan fingerprint density at radius 1 is 1.25 bits per heavy atom. The summed E-state index contributed by atoms with van der Waals surface area (Å²) in [5, 5.41) is 11.8. The van der Waals surface area contributed by atoms with Crippen molar-refractivity contribution in [1.29, 1.82) is 5.26 Å². The highest BCUT2D eigenvalue weighted by Crippen LogP contribution is 2.18. The summed E-state index contributed by atoms with van der Waals surface area (Å²) in [5.41, 5.74) is 1.85. The van der Waals surface area contributed by atoms with Crippen LogP contribution in [0.5, 0.6) is 5.75 Å². The third kappa shape index (κ3) is 6.28. The first-order chi connectivity index (χ1) is 13.2. The number of nitrogens with one attached hydrogen (secondary N) is 1. The van der Waals surface area contributed by atoms with Gasteiger partial charge in [-0.15, -0.1) is 0 Å². The maximum Gasteiger partial charge on any atom is 0.322 e. The average Bonchev–Trinajstić information content (AvgIpc) is 2.65. The van der Waals surface area contributed by atoms with E-state index in [9.17, 15) is 13.2 Å². The third-order valence-electron chi connectivity index (χ3n) is 4.15. The second-order valence-electron chi connectivity index (χ2n) is 6.44. The van der Waals surface area contributed by atoms with Crippen molar-refractivity contribution >= 4 is 21.8 Å². The van der Waals surface area contributed by atoms with Gasteiger partial charge in [0.1, 0.15) is 5.75 Å². The fraction of sp³-hybridized carbons (Fsp3) is 0.300. The van der Waals surface area contributed by atoms with Crippen LogP contribution < -0.4 is 9.50 Å². The maximum atomic E-state index is 12.8. The first kappa shape index (κ1) is 21.3. The fourth-order valence-corrected chi connectivity index (χ4v) is 2.99. The predicted octanol–water partition coefficient (Wildman–Crippen LogP) is 3.73. The SMILES string of the molecule is CC[C@@H](C)N(Cc1ccc(OS(C)(=O)=O)cc1)C(=O)Nc1cccc(C#N)c1. The molecule has 8 heteroatoms. The van der Waals surface area contributed by atoms with E-state index in [-0.39, 0.29) is 17.8 Å². The second-order valence-corrected chi connectivity index (χ2v) is 8.01. The van der Waals surface area contributed by atoms with Crippen molar-refractivity contribution in [2.45, 2.75) is 32.9 Å². The standard InChI is InChI=1S/C20H23N3O4S/c1-4-15(2)23(20(24)22-18-7-5-6-17(12-18)13-21)14-16-8-10-19(11-9-16)27-28(3,25)26/h5-12,15H,4,14H2,1-3H3,(H,22,24)/t15-/m1/s1. The number of nitrogens with zero attached hydrogens (tertiary/aromatic N) is 2. The van der Waals surface area contributed by atoms with Gasteiger partial charge in [-0.3, -0.25) is 0 Å². The number of anilines is 1. The first-order valence-corrected chi connectivity index (χ1v) is 10.6. The zero-order valence-corrected chi connectivity index (χ0v) is 16.9. The quantitative estimate of drug-likeness (QED) is 0.713. The molecule has 28 heavy (non-hydrogen) atoms. The molecule has 1 atom stereocenters. The first-order valence-electron chi connectivity index (χ1n) is 8.78. The second kappa shape index (κ2) is 9.24. The highest BCUT2D eigenvalue weighted by atomic mass is 32.2. The van der Waals surface area contributed by atoms with Gasteiger partial charge in [-0.25, -0.2) is 4.79 Å². The van der Waals surface area contributed by atoms with Gasteiger partial charge in [0.05, 0.1) is 17.9 Å². The lowest BCUT2D eigenvalue weighted by Crippen LogP contribution is -2.40. The van der Waals surface area contributed by atoms with E-state index >= 15 is 0 Å². The molecular weight excluding hydrogens is 378 g/mol. The number of carbonyl (C=O) groups excluding carboxylic acids is 1. The molecule has 0 saturated heterocycles. The van der Waals surface area contributed by atoms with Gasteiger partial charge in [0, 0.05) is 18.3 Å². The molecule has 2 aromatic carbocycles. The number of urea groups is 1. The Balaban J connectivity index is 2.14. The molecule has 0 saturated carbocycles. The van der Waals surface area contributed by atoms with Crippen molar-refractivity contribution in [3.8, 4) is 11.8 Å². The molecule has 0 aliphatic heterocycles. The summed E-state index contributed by atoms with van der Waals surface area (Å²) in [6, 6.07) is 15.0. The van der Waals surface area contributed by atoms with Crippen molar-refractivity contribution in [2.75, 3.05) is 11.6 Å². The Labute approximate surface area is 165 Å². The summed E-state index contributed by atoms with van der Waals surface area (Å²) in [6.07, 6.45) is 1.75. The van der Waals surface area contributed by atoms with Crippen LogP contribution in [0.1, 0.15) is 31.4 Å². The Morgan fingerprint density at radius 3 is 2.50 bits per heavy atom. The molecule has 0 aliphatic carbocycles. The summed E-state index contributed by atoms with van der Waals surface area (Å²) < 4.78 is 27.2. The lowest BCUT2D eigenvalue weighted by atomic mass is 10.1. The van der Waals surface area contributed by atoms with Gasteiger partial charge in [0.15, 0.2) is 0 Å². The molecular formula is C20H23N3O4S. The van der Waals surface area contributed by atoms with Crippen LogP contribution in [0.3, 0.4) is 0 Å². The highest BCUT2D eigenvalue weighted by Gasteiger charge is 2.19. The van der Waals surface area contributed by atoms with E-state index in [1.165, 1.54) is 0 Å². The van der Waals surface area contributed by atoms with Crippen molar-refractivity contribution in [3.05, 3.63) is 59.7 Å². The van der Waals surface area contributed by atoms with Gasteiger partial charge in [-0.05, 0) is 49.2 Å². The fourth-order valence-electron chi connectivity index (χ4n) is 2.53. The number of carbonyl (C=O) groups is 1. The van der Waals surface area contributed by atoms with Crippen LogP contribution in [0.15, 0.2) is 48.5 Å². The van der Waals surface area contributed by atoms with Gasteiger partial charge in [-0.1, -0.05) is 25.1 Å². The number of hydrogen-bond acceptors (Lipinski definition) is 5. The lowest BCUT2D eigenvalue weighted by molar-refractivity contribution is 0.187. The van der Waals surface area contributed by atoms with Crippen LogP contribution in [0.25, 0.3) is 0 Å². The van der Waals surface area contributed by atoms with Crippen molar-refractivity contribution in [3.63, 3.8) is 0 Å². The monoisotopic (exact) mass is 401 g/mol. The Kier molecular flexibility index (Phi) is 7.01. The molecule has 148 valence electrons. The van der Waals surface area contributed by atoms with Gasteiger partial charge >= 0.3 is 16.1 Å². The molecule has 0 fully saturated rings. The third-order valence-corrected chi connectivity index (χ3v) is 4.65. The van der Waals surface area contributed by atoms with Crippen LogP contribution in [-0.2, 0) is 16.7 Å². The van der Waals surface area contributed by atoms with Crippen LogP contribution in [-0.4, -0.2) is 31.6 Å². The Hall–Kier alpha value is -3.05. The predicted molar refractivity (Wildman–Crippen MR) is 107 cm³/mol. The maximum absolute atomic E-state index is 12.8. The van der Waals surface area contributed by atoms with Crippen molar-refractivity contribution < 1.29 is 17.4 Å².